The molecule has 4 aromatic rings. The Kier molecular flexibility index (Phi) is 4.17. The van der Waals surface area contributed by atoms with Crippen LogP contribution in [0.2, 0.25) is 0 Å². The van der Waals surface area contributed by atoms with E-state index >= 15 is 0 Å². The molecule has 0 saturated carbocycles. The van der Waals surface area contributed by atoms with Gasteiger partial charge in [-0.1, -0.05) is 42.0 Å². The highest BCUT2D eigenvalue weighted by Crippen LogP contribution is 2.34. The number of hydrogen-bond acceptors (Lipinski definition) is 4. The molecule has 0 radical (unpaired) electrons. The highest BCUT2D eigenvalue weighted by Gasteiger charge is 2.17. The van der Waals surface area contributed by atoms with Crippen LogP contribution in [-0.2, 0) is 11.3 Å². The average molecular weight is 385 g/mol. The van der Waals surface area contributed by atoms with Gasteiger partial charge in [0, 0.05) is 17.3 Å². The third kappa shape index (κ3) is 3.29. The molecular weight excluding hydrogens is 366 g/mol. The molecule has 144 valence electrons. The minimum absolute atomic E-state index is 0.139. The number of hydrogen-bond donors (Lipinski definition) is 1. The number of fused-ring (bicyclic) bond motifs is 2. The number of para-hydroxylation sites is 2. The van der Waals surface area contributed by atoms with E-state index < -0.39 is 0 Å². The Bertz CT molecular complexity index is 1210. The Morgan fingerprint density at radius 3 is 2.69 bits per heavy atom. The largest absolute Gasteiger partial charge is 0.454 e. The van der Waals surface area contributed by atoms with Crippen molar-refractivity contribution < 1.29 is 14.3 Å². The summed E-state index contributed by atoms with van der Waals surface area (Å²) in [5.74, 6) is 1.95. The van der Waals surface area contributed by atoms with Gasteiger partial charge in [0.2, 0.25) is 12.7 Å². The Balaban J connectivity index is 1.46. The summed E-state index contributed by atoms with van der Waals surface area (Å²) in [6, 6.07) is 21.4. The lowest BCUT2D eigenvalue weighted by Gasteiger charge is -2.11. The van der Waals surface area contributed by atoms with Crippen LogP contribution in [0, 0.1) is 6.92 Å². The fourth-order valence-corrected chi connectivity index (χ4v) is 3.48. The minimum Gasteiger partial charge on any atom is -0.454 e. The molecule has 2 heterocycles. The minimum atomic E-state index is -0.139. The second-order valence-electron chi connectivity index (χ2n) is 6.99. The lowest BCUT2D eigenvalue weighted by Crippen LogP contribution is -2.19. The molecule has 6 nitrogen and oxygen atoms in total. The second kappa shape index (κ2) is 6.98. The highest BCUT2D eigenvalue weighted by atomic mass is 16.7. The van der Waals surface area contributed by atoms with Crippen molar-refractivity contribution in [2.75, 3.05) is 12.1 Å². The summed E-state index contributed by atoms with van der Waals surface area (Å²) in [5.41, 5.74) is 4.60. The second-order valence-corrected chi connectivity index (χ2v) is 6.99. The molecule has 0 fully saturated rings. The van der Waals surface area contributed by atoms with E-state index in [1.165, 1.54) is 5.56 Å². The van der Waals surface area contributed by atoms with E-state index in [0.717, 1.165) is 22.4 Å². The number of ether oxygens (including phenoxy) is 2. The summed E-state index contributed by atoms with van der Waals surface area (Å²) < 4.78 is 12.6. The average Bonchev–Trinajstić information content (AvgIpc) is 3.33. The van der Waals surface area contributed by atoms with Crippen LogP contribution in [0.1, 0.15) is 5.56 Å². The number of amides is 1. The zero-order valence-corrected chi connectivity index (χ0v) is 15.9. The van der Waals surface area contributed by atoms with E-state index in [1.807, 2.05) is 60.0 Å². The van der Waals surface area contributed by atoms with Crippen LogP contribution in [0.5, 0.6) is 11.5 Å². The molecule has 0 spiro atoms. The first-order chi connectivity index (χ1) is 14.2. The van der Waals surface area contributed by atoms with Gasteiger partial charge in [0.15, 0.2) is 11.5 Å². The fourth-order valence-electron chi connectivity index (χ4n) is 3.48. The molecular formula is C23H19N3O3. The molecule has 6 heteroatoms. The number of benzene rings is 3. The molecule has 0 unspecified atom stereocenters. The number of nitrogens with one attached hydrogen (secondary N) is 1. The SMILES string of the molecule is Cc1ccc(-c2nc3ccccc3n2CC(=O)Nc2ccc3c(c2)OCO3)cc1. The van der Waals surface area contributed by atoms with Crippen LogP contribution >= 0.6 is 0 Å². The van der Waals surface area contributed by atoms with E-state index in [-0.39, 0.29) is 19.2 Å². The topological polar surface area (TPSA) is 65.4 Å². The van der Waals surface area contributed by atoms with Crippen LogP contribution in [0.25, 0.3) is 22.4 Å². The first-order valence-electron chi connectivity index (χ1n) is 9.39. The van der Waals surface area contributed by atoms with E-state index in [1.54, 1.807) is 18.2 Å². The molecule has 0 aliphatic carbocycles. The Labute approximate surface area is 167 Å². The molecule has 0 atom stereocenters. The lowest BCUT2D eigenvalue weighted by atomic mass is 10.1. The van der Waals surface area contributed by atoms with Crippen molar-refractivity contribution in [3.05, 3.63) is 72.3 Å². The van der Waals surface area contributed by atoms with Gasteiger partial charge >= 0.3 is 0 Å². The molecule has 1 aliphatic heterocycles. The monoisotopic (exact) mass is 385 g/mol. The summed E-state index contributed by atoms with van der Waals surface area (Å²) in [7, 11) is 0. The predicted molar refractivity (Wildman–Crippen MR) is 111 cm³/mol. The van der Waals surface area contributed by atoms with Gasteiger partial charge in [0.05, 0.1) is 11.0 Å². The molecule has 1 aliphatic rings. The number of rotatable bonds is 4. The summed E-state index contributed by atoms with van der Waals surface area (Å²) >= 11 is 0. The first kappa shape index (κ1) is 17.3. The van der Waals surface area contributed by atoms with E-state index in [4.69, 9.17) is 14.5 Å². The fraction of sp³-hybridized carbons (Fsp3) is 0.130. The Hall–Kier alpha value is -3.80. The van der Waals surface area contributed by atoms with Gasteiger partial charge in [-0.2, -0.15) is 0 Å². The molecule has 1 N–H and O–H groups in total. The van der Waals surface area contributed by atoms with Crippen LogP contribution in [0.4, 0.5) is 5.69 Å². The van der Waals surface area contributed by atoms with Crippen LogP contribution in [-0.4, -0.2) is 22.3 Å². The maximum absolute atomic E-state index is 12.8. The first-order valence-corrected chi connectivity index (χ1v) is 9.39. The van der Waals surface area contributed by atoms with Gasteiger partial charge in [-0.15, -0.1) is 0 Å². The summed E-state index contributed by atoms with van der Waals surface area (Å²) in [6.07, 6.45) is 0. The molecule has 1 amide bonds. The van der Waals surface area contributed by atoms with Gasteiger partial charge in [0.1, 0.15) is 12.4 Å². The summed E-state index contributed by atoms with van der Waals surface area (Å²) in [6.45, 7) is 2.40. The van der Waals surface area contributed by atoms with Crippen LogP contribution < -0.4 is 14.8 Å². The predicted octanol–water partition coefficient (Wildman–Crippen LogP) is 4.38. The summed E-state index contributed by atoms with van der Waals surface area (Å²) in [5, 5.41) is 2.94. The van der Waals surface area contributed by atoms with Crippen molar-refractivity contribution in [3.8, 4) is 22.9 Å². The van der Waals surface area contributed by atoms with Crippen LogP contribution in [0.15, 0.2) is 66.7 Å². The molecule has 5 rings (SSSR count). The van der Waals surface area contributed by atoms with E-state index in [9.17, 15) is 4.79 Å². The number of carbonyl (C=O) groups is 1. The quantitative estimate of drug-likeness (QED) is 0.566. The molecule has 29 heavy (non-hydrogen) atoms. The normalized spacial score (nSPS) is 12.3. The van der Waals surface area contributed by atoms with Gasteiger partial charge in [-0.25, -0.2) is 4.98 Å². The third-order valence-electron chi connectivity index (χ3n) is 4.92. The smallest absolute Gasteiger partial charge is 0.244 e. The zero-order chi connectivity index (χ0) is 19.8. The van der Waals surface area contributed by atoms with Crippen molar-refractivity contribution in [1.82, 2.24) is 9.55 Å². The number of imidazole rings is 1. The van der Waals surface area contributed by atoms with Crippen molar-refractivity contribution >= 4 is 22.6 Å². The third-order valence-corrected chi connectivity index (χ3v) is 4.92. The number of aryl methyl sites for hydroxylation is 1. The van der Waals surface area contributed by atoms with Gasteiger partial charge in [0.25, 0.3) is 0 Å². The van der Waals surface area contributed by atoms with Gasteiger partial charge < -0.3 is 19.4 Å². The Morgan fingerprint density at radius 2 is 1.83 bits per heavy atom. The number of nitrogens with zero attached hydrogens (tertiary/aromatic N) is 2. The summed E-state index contributed by atoms with van der Waals surface area (Å²) in [4.78, 5) is 17.6. The van der Waals surface area contributed by atoms with Gasteiger partial charge in [-0.05, 0) is 31.2 Å². The van der Waals surface area contributed by atoms with Crippen LogP contribution in [0.3, 0.4) is 0 Å². The van der Waals surface area contributed by atoms with E-state index in [2.05, 4.69) is 5.32 Å². The number of carbonyl (C=O) groups excluding carboxylic acids is 1. The molecule has 3 aromatic carbocycles. The maximum Gasteiger partial charge on any atom is 0.244 e. The highest BCUT2D eigenvalue weighted by molar-refractivity contribution is 5.93. The van der Waals surface area contributed by atoms with Crippen molar-refractivity contribution in [1.29, 1.82) is 0 Å². The maximum atomic E-state index is 12.8. The lowest BCUT2D eigenvalue weighted by molar-refractivity contribution is -0.116. The van der Waals surface area contributed by atoms with Gasteiger partial charge in [-0.3, -0.25) is 4.79 Å². The zero-order valence-electron chi connectivity index (χ0n) is 15.9. The van der Waals surface area contributed by atoms with Crippen molar-refractivity contribution in [2.45, 2.75) is 13.5 Å². The van der Waals surface area contributed by atoms with Crippen molar-refractivity contribution in [2.24, 2.45) is 0 Å². The molecule has 0 bridgehead atoms. The van der Waals surface area contributed by atoms with Crippen molar-refractivity contribution in [3.63, 3.8) is 0 Å². The van der Waals surface area contributed by atoms with E-state index in [0.29, 0.717) is 17.2 Å². The standard InChI is InChI=1S/C23H19N3O3/c1-15-6-8-16(9-7-15)23-25-18-4-2-3-5-19(18)26(23)13-22(27)24-17-10-11-20-21(12-17)29-14-28-20/h2-12H,13-14H2,1H3,(H,24,27). The number of anilines is 1. The molecule has 1 aromatic heterocycles. The number of aromatic nitrogens is 2. The molecule has 0 saturated heterocycles. The Morgan fingerprint density at radius 1 is 1.03 bits per heavy atom.